The van der Waals surface area contributed by atoms with E-state index in [-0.39, 0.29) is 17.3 Å². The molecule has 1 fully saturated rings. The predicted octanol–water partition coefficient (Wildman–Crippen LogP) is 8.27. The number of carbonyl (C=O) groups is 3. The standard InChI is InChI=1S/C34H22Cl3NO3/c1-18-6-8-19(9-7-18)31(39)30-29(25-13-11-22(36)17-26(25)37)34(32(40)23-4-2-3-5-24(23)33(34)41)28-15-10-20-16-21(35)12-14-27(20)38(28)30/h2-17,28-30H,1H3/t28-,29-,30-/m0/s1. The number of nitrogens with zero attached hydrogens (tertiary/aromatic N) is 1. The van der Waals surface area contributed by atoms with Gasteiger partial charge in [-0.3, -0.25) is 14.4 Å². The molecule has 4 nitrogen and oxygen atoms in total. The van der Waals surface area contributed by atoms with Gasteiger partial charge >= 0.3 is 0 Å². The highest BCUT2D eigenvalue weighted by Crippen LogP contribution is 2.61. The van der Waals surface area contributed by atoms with Gasteiger partial charge in [0.15, 0.2) is 17.3 Å². The summed E-state index contributed by atoms with van der Waals surface area (Å²) in [5.41, 5.74) is 2.59. The Morgan fingerprint density at radius 2 is 1.44 bits per heavy atom. The smallest absolute Gasteiger partial charge is 0.185 e. The van der Waals surface area contributed by atoms with Gasteiger partial charge in [-0.15, -0.1) is 0 Å². The number of fused-ring (bicyclic) bond motifs is 5. The lowest BCUT2D eigenvalue weighted by atomic mass is 9.64. The molecule has 3 aliphatic rings. The Hall–Kier alpha value is -3.70. The van der Waals surface area contributed by atoms with Crippen LogP contribution in [-0.2, 0) is 0 Å². The van der Waals surface area contributed by atoms with E-state index in [1.807, 2.05) is 48.2 Å². The Morgan fingerprint density at radius 1 is 0.805 bits per heavy atom. The van der Waals surface area contributed by atoms with Gasteiger partial charge in [0.1, 0.15) is 11.5 Å². The number of anilines is 1. The van der Waals surface area contributed by atoms with Crippen molar-refractivity contribution < 1.29 is 14.4 Å². The molecule has 0 bridgehead atoms. The van der Waals surface area contributed by atoms with Gasteiger partial charge in [-0.05, 0) is 48.4 Å². The van der Waals surface area contributed by atoms with E-state index >= 15 is 0 Å². The van der Waals surface area contributed by atoms with Gasteiger partial charge in [0.05, 0.1) is 6.04 Å². The predicted molar refractivity (Wildman–Crippen MR) is 163 cm³/mol. The molecule has 4 aromatic carbocycles. The maximum Gasteiger partial charge on any atom is 0.185 e. The lowest BCUT2D eigenvalue weighted by Gasteiger charge is -2.37. The average molecular weight is 599 g/mol. The minimum Gasteiger partial charge on any atom is -0.352 e. The highest BCUT2D eigenvalue weighted by molar-refractivity contribution is 6.36. The normalized spacial score (nSPS) is 21.7. The largest absolute Gasteiger partial charge is 0.352 e. The summed E-state index contributed by atoms with van der Waals surface area (Å²) in [4.78, 5) is 46.0. The van der Waals surface area contributed by atoms with Crippen LogP contribution in [0.3, 0.4) is 0 Å². The molecule has 0 unspecified atom stereocenters. The fraction of sp³-hybridized carbons (Fsp3) is 0.147. The van der Waals surface area contributed by atoms with Crippen molar-refractivity contribution in [1.82, 2.24) is 0 Å². The Labute approximate surface area is 252 Å². The van der Waals surface area contributed by atoms with E-state index in [4.69, 9.17) is 34.8 Å². The summed E-state index contributed by atoms with van der Waals surface area (Å²) in [7, 11) is 0. The van der Waals surface area contributed by atoms with E-state index in [1.165, 1.54) is 0 Å². The highest BCUT2D eigenvalue weighted by atomic mass is 35.5. The Morgan fingerprint density at radius 3 is 2.10 bits per heavy atom. The van der Waals surface area contributed by atoms with Crippen LogP contribution >= 0.6 is 34.8 Å². The van der Waals surface area contributed by atoms with Crippen LogP contribution in [-0.4, -0.2) is 29.4 Å². The number of hydrogen-bond acceptors (Lipinski definition) is 4. The average Bonchev–Trinajstić information content (AvgIpc) is 3.39. The molecular weight excluding hydrogens is 577 g/mol. The molecular formula is C34H22Cl3NO3. The first-order valence-corrected chi connectivity index (χ1v) is 14.4. The number of hydrogen-bond donors (Lipinski definition) is 0. The van der Waals surface area contributed by atoms with Gasteiger partial charge in [0.25, 0.3) is 0 Å². The molecule has 1 aliphatic carbocycles. The molecule has 41 heavy (non-hydrogen) atoms. The van der Waals surface area contributed by atoms with Crippen molar-refractivity contribution in [1.29, 1.82) is 0 Å². The zero-order valence-corrected chi connectivity index (χ0v) is 24.0. The van der Waals surface area contributed by atoms with Crippen molar-refractivity contribution in [3.05, 3.63) is 139 Å². The summed E-state index contributed by atoms with van der Waals surface area (Å²) in [5.74, 6) is -1.75. The quantitative estimate of drug-likeness (QED) is 0.176. The van der Waals surface area contributed by atoms with Crippen LogP contribution < -0.4 is 4.90 Å². The van der Waals surface area contributed by atoms with Crippen molar-refractivity contribution >= 4 is 63.9 Å². The second-order valence-corrected chi connectivity index (χ2v) is 12.1. The van der Waals surface area contributed by atoms with Gasteiger partial charge in [-0.1, -0.05) is 107 Å². The third-order valence-electron chi connectivity index (χ3n) is 8.67. The molecule has 7 heteroatoms. The summed E-state index contributed by atoms with van der Waals surface area (Å²) in [6.45, 7) is 1.95. The third-order valence-corrected chi connectivity index (χ3v) is 9.47. The summed E-state index contributed by atoms with van der Waals surface area (Å²) in [5, 5.41) is 1.25. The van der Waals surface area contributed by atoms with Crippen molar-refractivity contribution in [3.8, 4) is 0 Å². The van der Waals surface area contributed by atoms with Crippen LogP contribution in [0.4, 0.5) is 5.69 Å². The van der Waals surface area contributed by atoms with Gasteiger partial charge in [0, 0.05) is 43.4 Å². The van der Waals surface area contributed by atoms with Crippen molar-refractivity contribution in [2.24, 2.45) is 5.41 Å². The molecule has 0 amide bonds. The van der Waals surface area contributed by atoms with E-state index in [0.29, 0.717) is 37.3 Å². The number of Topliss-reactive ketones (excluding diaryl/α,β-unsaturated/α-hetero) is 3. The van der Waals surface area contributed by atoms with E-state index in [0.717, 1.165) is 16.8 Å². The van der Waals surface area contributed by atoms with Crippen LogP contribution in [0, 0.1) is 12.3 Å². The Bertz CT molecular complexity index is 1790. The SMILES string of the molecule is Cc1ccc(C(=O)[C@@H]2[C@H](c3ccc(Cl)cc3Cl)C3(C(=O)c4ccccc4C3=O)[C@@H]3C=Cc4cc(Cl)ccc4N23)cc1. The second-order valence-electron chi connectivity index (χ2n) is 10.8. The monoisotopic (exact) mass is 597 g/mol. The molecule has 0 saturated carbocycles. The van der Waals surface area contributed by atoms with Crippen LogP contribution in [0.2, 0.25) is 15.1 Å². The maximum absolute atomic E-state index is 14.7. The molecule has 1 spiro atoms. The summed E-state index contributed by atoms with van der Waals surface area (Å²) in [6.07, 6.45) is 3.74. The molecule has 2 aliphatic heterocycles. The number of carbonyl (C=O) groups excluding carboxylic acids is 3. The van der Waals surface area contributed by atoms with Crippen molar-refractivity contribution in [2.45, 2.75) is 24.9 Å². The Kier molecular flexibility index (Phi) is 6.02. The minimum atomic E-state index is -1.64. The zero-order chi connectivity index (χ0) is 28.6. The van der Waals surface area contributed by atoms with E-state index < -0.39 is 23.4 Å². The molecule has 202 valence electrons. The van der Waals surface area contributed by atoms with Crippen molar-refractivity contribution in [3.63, 3.8) is 0 Å². The fourth-order valence-corrected chi connectivity index (χ4v) is 7.64. The first-order chi connectivity index (χ1) is 19.7. The highest BCUT2D eigenvalue weighted by Gasteiger charge is 2.71. The van der Waals surface area contributed by atoms with Crippen LogP contribution in [0.1, 0.15) is 53.7 Å². The van der Waals surface area contributed by atoms with Crippen LogP contribution in [0.15, 0.2) is 91.0 Å². The van der Waals surface area contributed by atoms with E-state index in [1.54, 1.807) is 60.7 Å². The molecule has 7 rings (SSSR count). The molecule has 0 aromatic heterocycles. The third kappa shape index (κ3) is 3.64. The first-order valence-electron chi connectivity index (χ1n) is 13.2. The van der Waals surface area contributed by atoms with Gasteiger partial charge in [-0.25, -0.2) is 0 Å². The zero-order valence-electron chi connectivity index (χ0n) is 21.8. The molecule has 3 atom stereocenters. The number of halogens is 3. The van der Waals surface area contributed by atoms with Gasteiger partial charge < -0.3 is 4.90 Å². The topological polar surface area (TPSA) is 54.5 Å². The molecule has 4 aromatic rings. The fourth-order valence-electron chi connectivity index (χ4n) is 6.93. The van der Waals surface area contributed by atoms with Crippen LogP contribution in [0.25, 0.3) is 6.08 Å². The summed E-state index contributed by atoms with van der Waals surface area (Å²) in [6, 6.07) is 23.0. The number of rotatable bonds is 3. The van der Waals surface area contributed by atoms with Crippen LogP contribution in [0.5, 0.6) is 0 Å². The van der Waals surface area contributed by atoms with Gasteiger partial charge in [0.2, 0.25) is 0 Å². The number of aryl methyl sites for hydroxylation is 1. The number of benzene rings is 4. The van der Waals surface area contributed by atoms with Crippen molar-refractivity contribution in [2.75, 3.05) is 4.90 Å². The second kappa shape index (κ2) is 9.42. The molecule has 0 radical (unpaired) electrons. The van der Waals surface area contributed by atoms with E-state index in [9.17, 15) is 14.4 Å². The lowest BCUT2D eigenvalue weighted by molar-refractivity contribution is 0.0666. The number of ketones is 3. The lowest BCUT2D eigenvalue weighted by Crippen LogP contribution is -2.48. The van der Waals surface area contributed by atoms with Gasteiger partial charge in [-0.2, -0.15) is 0 Å². The maximum atomic E-state index is 14.7. The summed E-state index contributed by atoms with van der Waals surface area (Å²) < 4.78 is 0. The van der Waals surface area contributed by atoms with E-state index in [2.05, 4.69) is 0 Å². The Balaban J connectivity index is 1.56. The minimum absolute atomic E-state index is 0.212. The first kappa shape index (κ1) is 26.2. The molecule has 2 heterocycles. The molecule has 0 N–H and O–H groups in total. The molecule has 1 saturated heterocycles. The summed E-state index contributed by atoms with van der Waals surface area (Å²) >= 11 is 19.5.